The highest BCUT2D eigenvalue weighted by Crippen LogP contribution is 2.25. The summed E-state index contributed by atoms with van der Waals surface area (Å²) in [5.74, 6) is 3.79. The number of benzene rings is 2. The Labute approximate surface area is 284 Å². The Morgan fingerprint density at radius 3 is 1.98 bits per heavy atom. The van der Waals surface area contributed by atoms with E-state index in [-0.39, 0.29) is 11.4 Å². The van der Waals surface area contributed by atoms with Crippen LogP contribution >= 0.6 is 0 Å². The zero-order valence-electron chi connectivity index (χ0n) is 31.3. The van der Waals surface area contributed by atoms with E-state index in [0.29, 0.717) is 17.4 Å². The molecule has 46 heavy (non-hydrogen) atoms. The van der Waals surface area contributed by atoms with Crippen molar-refractivity contribution >= 4 is 23.4 Å². The van der Waals surface area contributed by atoms with Gasteiger partial charge in [0.25, 0.3) is 0 Å². The van der Waals surface area contributed by atoms with Gasteiger partial charge in [-0.2, -0.15) is 0 Å². The van der Waals surface area contributed by atoms with E-state index in [2.05, 4.69) is 70.1 Å². The van der Waals surface area contributed by atoms with Gasteiger partial charge in [0, 0.05) is 18.2 Å². The van der Waals surface area contributed by atoms with Gasteiger partial charge in [0.2, 0.25) is 0 Å². The Morgan fingerprint density at radius 2 is 1.59 bits per heavy atom. The second kappa shape index (κ2) is 33.1. The van der Waals surface area contributed by atoms with E-state index in [1.165, 1.54) is 76.0 Å². The maximum absolute atomic E-state index is 10.2. The number of ketones is 1. The molecule has 0 bridgehead atoms. The van der Waals surface area contributed by atoms with Gasteiger partial charge >= 0.3 is 0 Å². The molecule has 3 rings (SSSR count). The number of anilines is 2. The van der Waals surface area contributed by atoms with E-state index >= 15 is 0 Å². The molecule has 0 amide bonds. The number of aromatic hydroxyl groups is 1. The Balaban J connectivity index is -0.000000538. The van der Waals surface area contributed by atoms with Crippen LogP contribution in [0.5, 0.6) is 5.75 Å². The van der Waals surface area contributed by atoms with Gasteiger partial charge in [0.15, 0.2) is 0 Å². The lowest BCUT2D eigenvalue weighted by molar-refractivity contribution is -0.117. The summed E-state index contributed by atoms with van der Waals surface area (Å²) in [5, 5.41) is 12.9. The van der Waals surface area contributed by atoms with Gasteiger partial charge in [-0.15, -0.1) is 6.42 Å². The number of carbonyl (C=O) groups is 2. The van der Waals surface area contributed by atoms with Crippen LogP contribution in [0.1, 0.15) is 156 Å². The predicted molar refractivity (Wildman–Crippen MR) is 204 cm³/mol. The van der Waals surface area contributed by atoms with E-state index < -0.39 is 0 Å². The first-order valence-electron chi connectivity index (χ1n) is 17.8. The quantitative estimate of drug-likeness (QED) is 0.104. The Bertz CT molecular complexity index is 1050. The summed E-state index contributed by atoms with van der Waals surface area (Å²) in [7, 11) is 0. The molecule has 0 unspecified atom stereocenters. The normalized spacial score (nSPS) is 11.5. The van der Waals surface area contributed by atoms with Gasteiger partial charge in [0.05, 0.1) is 11.3 Å². The van der Waals surface area contributed by atoms with Gasteiger partial charge in [0.1, 0.15) is 17.8 Å². The summed E-state index contributed by atoms with van der Waals surface area (Å²) in [4.78, 5) is 19.0. The third kappa shape index (κ3) is 26.0. The molecule has 0 spiro atoms. The zero-order chi connectivity index (χ0) is 35.8. The number of phenolic OH excluding ortho intramolecular Hbond substituents is 1. The van der Waals surface area contributed by atoms with Crippen LogP contribution in [0.25, 0.3) is 0 Å². The molecule has 2 aromatic rings. The Morgan fingerprint density at radius 1 is 1.04 bits per heavy atom. The highest BCUT2D eigenvalue weighted by molar-refractivity contribution is 5.75. The number of aryl methyl sites for hydroxylation is 2. The molecule has 0 aliphatic heterocycles. The van der Waals surface area contributed by atoms with Crippen LogP contribution in [0.3, 0.4) is 0 Å². The number of rotatable bonds is 10. The molecule has 262 valence electrons. The zero-order valence-corrected chi connectivity index (χ0v) is 31.3. The van der Waals surface area contributed by atoms with Crippen LogP contribution in [0.4, 0.5) is 11.4 Å². The van der Waals surface area contributed by atoms with Crippen LogP contribution in [-0.4, -0.2) is 23.2 Å². The third-order valence-corrected chi connectivity index (χ3v) is 7.27. The number of nitrogen functional groups attached to an aromatic ring is 1. The largest absolute Gasteiger partial charge is 0.506 e. The first-order valence-corrected chi connectivity index (χ1v) is 17.8. The minimum absolute atomic E-state index is 0.0537. The maximum atomic E-state index is 10.2. The summed E-state index contributed by atoms with van der Waals surface area (Å²) >= 11 is 0. The number of phenols is 1. The van der Waals surface area contributed by atoms with Gasteiger partial charge < -0.3 is 25.7 Å². The molecule has 0 atom stereocenters. The fourth-order valence-electron chi connectivity index (χ4n) is 4.81. The van der Waals surface area contributed by atoms with Crippen LogP contribution in [0.15, 0.2) is 36.4 Å². The summed E-state index contributed by atoms with van der Waals surface area (Å²) in [6.45, 7) is 20.1. The van der Waals surface area contributed by atoms with Gasteiger partial charge in [-0.1, -0.05) is 124 Å². The van der Waals surface area contributed by atoms with Crippen molar-refractivity contribution in [2.24, 2.45) is 5.92 Å². The average Bonchev–Trinajstić information content (AvgIpc) is 3.05. The highest BCUT2D eigenvalue weighted by Gasteiger charge is 2.08. The standard InChI is InChI=1S/C15H25N.C9H9NO.C7H14.C6H12O.C2H4O.C2H6/c1-4-9-14(10-5-2)16-15-12-8-7-11-13(15)6-3;1-3-7-4-6(2)5-8(11)9(7)10;1-7-5-3-2-4-6-7;1-3-4-5-6(2)7;1-2-3;1-2/h7-8,11-12,14,16H,4-6,9-10H2,1-3H3;1,4-5,11H,10H2,2H3;7H,2-6H2,1H3;3-5H2,1-2H3;2H,1H3;1-2H3. The van der Waals surface area contributed by atoms with Crippen LogP contribution in [0, 0.1) is 25.2 Å². The summed E-state index contributed by atoms with van der Waals surface area (Å²) in [5.41, 5.74) is 9.96. The van der Waals surface area contributed by atoms with E-state index in [1.807, 2.05) is 20.8 Å². The lowest BCUT2D eigenvalue weighted by Crippen LogP contribution is -2.19. The molecule has 5 nitrogen and oxygen atoms in total. The molecule has 0 heterocycles. The number of carbonyl (C=O) groups excluding carboxylic acids is 2. The maximum Gasteiger partial charge on any atom is 0.140 e. The van der Waals surface area contributed by atoms with Crippen molar-refractivity contribution in [2.75, 3.05) is 11.1 Å². The molecular weight excluding hydrogens is 568 g/mol. The molecule has 2 aromatic carbocycles. The number of nitrogens with one attached hydrogen (secondary N) is 1. The van der Waals surface area contributed by atoms with E-state index in [0.717, 1.165) is 43.5 Å². The van der Waals surface area contributed by atoms with Gasteiger partial charge in [-0.25, -0.2) is 0 Å². The molecule has 5 heteroatoms. The summed E-state index contributed by atoms with van der Waals surface area (Å²) in [6, 6.07) is 12.7. The lowest BCUT2D eigenvalue weighted by atomic mass is 9.91. The van der Waals surface area contributed by atoms with Crippen LogP contribution < -0.4 is 11.1 Å². The predicted octanol–water partition coefficient (Wildman–Crippen LogP) is 11.5. The molecule has 0 radical (unpaired) electrons. The third-order valence-electron chi connectivity index (χ3n) is 7.27. The fraction of sp³-hybridized carbons (Fsp3) is 0.610. The number of Topliss-reactive ketones (excluding diaryl/α,β-unsaturated/α-hetero) is 1. The first kappa shape index (κ1) is 47.2. The SMILES string of the molecule is C#Cc1cc(C)cc(O)c1N.CC.CC1CCCCC1.CC=O.CCCC(CCC)Nc1ccccc1CC.CCCCC(C)=O. The van der Waals surface area contributed by atoms with Crippen molar-refractivity contribution in [1.29, 1.82) is 0 Å². The molecule has 4 N–H and O–H groups in total. The Kier molecular flexibility index (Phi) is 33.9. The smallest absolute Gasteiger partial charge is 0.140 e. The number of para-hydroxylation sites is 1. The van der Waals surface area contributed by atoms with E-state index in [1.54, 1.807) is 19.1 Å². The van der Waals surface area contributed by atoms with Crippen molar-refractivity contribution < 1.29 is 14.7 Å². The molecule has 1 aliphatic rings. The molecular formula is C41H70N2O3. The number of terminal acetylenes is 1. The van der Waals surface area contributed by atoms with Gasteiger partial charge in [-0.3, -0.25) is 0 Å². The molecule has 0 aromatic heterocycles. The topological polar surface area (TPSA) is 92.4 Å². The van der Waals surface area contributed by atoms with Crippen molar-refractivity contribution in [3.8, 4) is 18.1 Å². The van der Waals surface area contributed by atoms with Crippen molar-refractivity contribution in [2.45, 2.75) is 159 Å². The van der Waals surface area contributed by atoms with E-state index in [4.69, 9.17) is 17.0 Å². The molecule has 1 aliphatic carbocycles. The van der Waals surface area contributed by atoms with Crippen molar-refractivity contribution in [3.05, 3.63) is 53.1 Å². The Hall–Kier alpha value is -3.26. The molecule has 1 fully saturated rings. The monoisotopic (exact) mass is 639 g/mol. The van der Waals surface area contributed by atoms with Crippen molar-refractivity contribution in [3.63, 3.8) is 0 Å². The summed E-state index contributed by atoms with van der Waals surface area (Å²) < 4.78 is 0. The second-order valence-electron chi connectivity index (χ2n) is 11.6. The number of unbranched alkanes of at least 4 members (excludes halogenated alkanes) is 1. The molecule has 0 saturated heterocycles. The fourth-order valence-corrected chi connectivity index (χ4v) is 4.81. The number of nitrogens with two attached hydrogens (primary N) is 1. The van der Waals surface area contributed by atoms with Crippen LogP contribution in [0.2, 0.25) is 0 Å². The molecule has 1 saturated carbocycles. The van der Waals surface area contributed by atoms with Gasteiger partial charge in [-0.05, 0) is 81.7 Å². The van der Waals surface area contributed by atoms with E-state index in [9.17, 15) is 9.90 Å². The lowest BCUT2D eigenvalue weighted by Gasteiger charge is -2.20. The average molecular weight is 639 g/mol. The number of hydrogen-bond acceptors (Lipinski definition) is 5. The number of aldehydes is 1. The number of hydrogen-bond donors (Lipinski definition) is 3. The van der Waals surface area contributed by atoms with Crippen LogP contribution in [-0.2, 0) is 16.0 Å². The first-order chi connectivity index (χ1) is 22.0. The van der Waals surface area contributed by atoms with Crippen molar-refractivity contribution in [1.82, 2.24) is 0 Å². The second-order valence-corrected chi connectivity index (χ2v) is 11.6. The minimum Gasteiger partial charge on any atom is -0.506 e. The summed E-state index contributed by atoms with van der Waals surface area (Å²) in [6.07, 6.45) is 22.4. The minimum atomic E-state index is 0.0537. The highest BCUT2D eigenvalue weighted by atomic mass is 16.3.